The number of nitrogens with one attached hydrogen (secondary N) is 1. The molecule has 0 spiro atoms. The van der Waals surface area contributed by atoms with Crippen molar-refractivity contribution in [3.05, 3.63) is 29.8 Å². The number of halogens is 2. The molecule has 1 rings (SSSR count). The summed E-state index contributed by atoms with van der Waals surface area (Å²) in [7, 11) is 0. The van der Waals surface area contributed by atoms with E-state index in [4.69, 9.17) is 5.11 Å². The Morgan fingerprint density at radius 2 is 1.95 bits per heavy atom. The minimum Gasteiger partial charge on any atom is -0.396 e. The van der Waals surface area contributed by atoms with Crippen molar-refractivity contribution in [2.75, 3.05) is 25.0 Å². The molecule has 112 valence electrons. The Hall–Kier alpha value is -1.69. The first-order valence-corrected chi connectivity index (χ1v) is 6.70. The summed E-state index contributed by atoms with van der Waals surface area (Å²) in [6.45, 7) is 3.00. The van der Waals surface area contributed by atoms with Gasteiger partial charge in [0.25, 0.3) is 0 Å². The molecule has 1 aromatic rings. The molecule has 0 fully saturated rings. The molecule has 0 aliphatic heterocycles. The van der Waals surface area contributed by atoms with Gasteiger partial charge in [-0.15, -0.1) is 0 Å². The number of nitrogens with zero attached hydrogens (tertiary/aromatic N) is 1. The van der Waals surface area contributed by atoms with Gasteiger partial charge < -0.3 is 15.3 Å². The van der Waals surface area contributed by atoms with Crippen LogP contribution in [0.1, 0.15) is 26.2 Å². The lowest BCUT2D eigenvalue weighted by Gasteiger charge is -2.22. The molecule has 1 aromatic carbocycles. The van der Waals surface area contributed by atoms with Crippen LogP contribution in [0.2, 0.25) is 0 Å². The number of hydrogen-bond acceptors (Lipinski definition) is 2. The first kappa shape index (κ1) is 16.4. The monoisotopic (exact) mass is 286 g/mol. The lowest BCUT2D eigenvalue weighted by atomic mass is 10.3. The first-order valence-electron chi connectivity index (χ1n) is 6.70. The zero-order valence-electron chi connectivity index (χ0n) is 11.5. The fraction of sp³-hybridized carbons (Fsp3) is 0.500. The number of amides is 2. The molecule has 6 heteroatoms. The number of carbonyl (C=O) groups is 1. The van der Waals surface area contributed by atoms with E-state index >= 15 is 0 Å². The number of unbranched alkanes of at least 4 members (excludes halogenated alkanes) is 1. The van der Waals surface area contributed by atoms with E-state index in [2.05, 4.69) is 5.32 Å². The van der Waals surface area contributed by atoms with Crippen molar-refractivity contribution in [3.63, 3.8) is 0 Å². The Bertz CT molecular complexity index is 433. The molecule has 0 aliphatic rings. The molecule has 2 amide bonds. The highest BCUT2D eigenvalue weighted by Gasteiger charge is 2.13. The summed E-state index contributed by atoms with van der Waals surface area (Å²) in [5.74, 6) is -1.95. The van der Waals surface area contributed by atoms with E-state index in [1.54, 1.807) is 4.90 Å². The molecular formula is C14H20F2N2O2. The van der Waals surface area contributed by atoms with E-state index in [1.165, 1.54) is 6.07 Å². The Labute approximate surface area is 117 Å². The van der Waals surface area contributed by atoms with Crippen LogP contribution in [0, 0.1) is 11.6 Å². The minimum atomic E-state index is -1.00. The first-order chi connectivity index (χ1) is 9.58. The Kier molecular flexibility index (Phi) is 6.93. The van der Waals surface area contributed by atoms with Crippen molar-refractivity contribution in [2.24, 2.45) is 0 Å². The van der Waals surface area contributed by atoms with Gasteiger partial charge in [0, 0.05) is 31.5 Å². The topological polar surface area (TPSA) is 52.6 Å². The van der Waals surface area contributed by atoms with Gasteiger partial charge in [0.15, 0.2) is 11.6 Å². The second-order valence-corrected chi connectivity index (χ2v) is 4.48. The van der Waals surface area contributed by atoms with Crippen LogP contribution in [0.5, 0.6) is 0 Å². The Balaban J connectivity index is 2.65. The maximum Gasteiger partial charge on any atom is 0.321 e. The molecule has 0 aromatic heterocycles. The predicted molar refractivity (Wildman–Crippen MR) is 73.6 cm³/mol. The van der Waals surface area contributed by atoms with Crippen LogP contribution >= 0.6 is 0 Å². The maximum absolute atomic E-state index is 13.1. The second-order valence-electron chi connectivity index (χ2n) is 4.48. The summed E-state index contributed by atoms with van der Waals surface area (Å²) in [4.78, 5) is 13.6. The lowest BCUT2D eigenvalue weighted by molar-refractivity contribution is 0.201. The molecule has 0 bridgehead atoms. The predicted octanol–water partition coefficient (Wildman–Crippen LogP) is 2.98. The fourth-order valence-electron chi connectivity index (χ4n) is 1.70. The summed E-state index contributed by atoms with van der Waals surface area (Å²) < 4.78 is 25.9. The third-order valence-corrected chi connectivity index (χ3v) is 2.83. The zero-order valence-corrected chi connectivity index (χ0v) is 11.5. The third-order valence-electron chi connectivity index (χ3n) is 2.83. The number of carbonyl (C=O) groups excluding carboxylic acids is 1. The smallest absolute Gasteiger partial charge is 0.321 e. The number of benzene rings is 1. The summed E-state index contributed by atoms with van der Waals surface area (Å²) >= 11 is 0. The van der Waals surface area contributed by atoms with Crippen LogP contribution in [0.25, 0.3) is 0 Å². The average Bonchev–Trinajstić information content (AvgIpc) is 2.43. The molecule has 0 heterocycles. The molecule has 2 N–H and O–H groups in total. The number of anilines is 1. The van der Waals surface area contributed by atoms with Gasteiger partial charge in [-0.1, -0.05) is 13.3 Å². The summed E-state index contributed by atoms with van der Waals surface area (Å²) in [5.41, 5.74) is 0.208. The molecule has 0 unspecified atom stereocenters. The minimum absolute atomic E-state index is 0.00107. The van der Waals surface area contributed by atoms with E-state index in [0.717, 1.165) is 25.0 Å². The molecular weight excluding hydrogens is 266 g/mol. The van der Waals surface area contributed by atoms with Gasteiger partial charge in [-0.05, 0) is 25.0 Å². The highest BCUT2D eigenvalue weighted by molar-refractivity contribution is 5.89. The summed E-state index contributed by atoms with van der Waals surface area (Å²) in [6.07, 6.45) is 2.26. The molecule has 20 heavy (non-hydrogen) atoms. The molecule has 0 saturated carbocycles. The summed E-state index contributed by atoms with van der Waals surface area (Å²) in [5, 5.41) is 11.4. The standard InChI is InChI=1S/C14H20F2N2O2/c1-2-3-7-18(8-4-9-19)14(20)17-11-5-6-12(15)13(16)10-11/h5-6,10,19H,2-4,7-9H2,1H3,(H,17,20). The quantitative estimate of drug-likeness (QED) is 0.809. The van der Waals surface area contributed by atoms with Gasteiger partial charge in [-0.25, -0.2) is 13.6 Å². The van der Waals surface area contributed by atoms with Crippen molar-refractivity contribution in [2.45, 2.75) is 26.2 Å². The van der Waals surface area contributed by atoms with Gasteiger partial charge in [-0.2, -0.15) is 0 Å². The number of rotatable bonds is 7. The van der Waals surface area contributed by atoms with Crippen molar-refractivity contribution in [1.82, 2.24) is 4.90 Å². The Morgan fingerprint density at radius 3 is 2.55 bits per heavy atom. The van der Waals surface area contributed by atoms with Crippen molar-refractivity contribution < 1.29 is 18.7 Å². The molecule has 0 aliphatic carbocycles. The van der Waals surface area contributed by atoms with Crippen molar-refractivity contribution in [1.29, 1.82) is 0 Å². The van der Waals surface area contributed by atoms with Crippen molar-refractivity contribution >= 4 is 11.7 Å². The number of urea groups is 1. The van der Waals surface area contributed by atoms with E-state index in [9.17, 15) is 13.6 Å². The number of aliphatic hydroxyl groups excluding tert-OH is 1. The van der Waals surface area contributed by atoms with E-state index < -0.39 is 11.6 Å². The van der Waals surface area contributed by atoms with Gasteiger partial charge in [0.05, 0.1) is 0 Å². The lowest BCUT2D eigenvalue weighted by Crippen LogP contribution is -2.36. The van der Waals surface area contributed by atoms with E-state index in [1.807, 2.05) is 6.92 Å². The van der Waals surface area contributed by atoms with E-state index in [0.29, 0.717) is 19.5 Å². The number of aliphatic hydroxyl groups is 1. The Morgan fingerprint density at radius 1 is 1.25 bits per heavy atom. The average molecular weight is 286 g/mol. The van der Waals surface area contributed by atoms with Crippen LogP contribution in [-0.2, 0) is 0 Å². The normalized spacial score (nSPS) is 10.4. The van der Waals surface area contributed by atoms with Crippen LogP contribution in [0.3, 0.4) is 0 Å². The van der Waals surface area contributed by atoms with Gasteiger partial charge in [0.2, 0.25) is 0 Å². The molecule has 4 nitrogen and oxygen atoms in total. The number of hydrogen-bond donors (Lipinski definition) is 2. The molecule has 0 atom stereocenters. The van der Waals surface area contributed by atoms with Crippen LogP contribution in [-0.4, -0.2) is 35.7 Å². The highest BCUT2D eigenvalue weighted by atomic mass is 19.2. The van der Waals surface area contributed by atoms with E-state index in [-0.39, 0.29) is 18.3 Å². The molecule has 0 saturated heterocycles. The second kappa shape index (κ2) is 8.47. The van der Waals surface area contributed by atoms with Gasteiger partial charge in [-0.3, -0.25) is 0 Å². The van der Waals surface area contributed by atoms with Crippen LogP contribution in [0.15, 0.2) is 18.2 Å². The fourth-order valence-corrected chi connectivity index (χ4v) is 1.70. The third kappa shape index (κ3) is 5.13. The van der Waals surface area contributed by atoms with Crippen LogP contribution in [0.4, 0.5) is 19.3 Å². The maximum atomic E-state index is 13.1. The largest absolute Gasteiger partial charge is 0.396 e. The van der Waals surface area contributed by atoms with Gasteiger partial charge >= 0.3 is 6.03 Å². The van der Waals surface area contributed by atoms with Crippen molar-refractivity contribution in [3.8, 4) is 0 Å². The van der Waals surface area contributed by atoms with Gasteiger partial charge in [0.1, 0.15) is 0 Å². The SMILES string of the molecule is CCCCN(CCCO)C(=O)Nc1ccc(F)c(F)c1. The highest BCUT2D eigenvalue weighted by Crippen LogP contribution is 2.14. The molecule has 0 radical (unpaired) electrons. The zero-order chi connectivity index (χ0) is 15.0. The summed E-state index contributed by atoms with van der Waals surface area (Å²) in [6, 6.07) is 2.84. The van der Waals surface area contributed by atoms with Crippen LogP contribution < -0.4 is 5.32 Å².